The molecule has 0 amide bonds. The highest BCUT2D eigenvalue weighted by molar-refractivity contribution is 5.73. The summed E-state index contributed by atoms with van der Waals surface area (Å²) in [6.45, 7) is 0.827. The molecule has 0 radical (unpaired) electrons. The van der Waals surface area contributed by atoms with Gasteiger partial charge in [0, 0.05) is 6.04 Å². The van der Waals surface area contributed by atoms with Gasteiger partial charge in [0.1, 0.15) is 0 Å². The first-order valence-corrected chi connectivity index (χ1v) is 4.53. The van der Waals surface area contributed by atoms with E-state index in [0.717, 1.165) is 18.9 Å². The van der Waals surface area contributed by atoms with Crippen LogP contribution in [0.1, 0.15) is 19.3 Å². The van der Waals surface area contributed by atoms with Crippen molar-refractivity contribution in [3.63, 3.8) is 0 Å². The summed E-state index contributed by atoms with van der Waals surface area (Å²) in [4.78, 5) is 8.90. The van der Waals surface area contributed by atoms with Crippen molar-refractivity contribution in [3.8, 4) is 0 Å². The van der Waals surface area contributed by atoms with Crippen molar-refractivity contribution < 1.29 is 23.1 Å². The van der Waals surface area contributed by atoms with Gasteiger partial charge in [-0.2, -0.15) is 13.2 Å². The lowest BCUT2D eigenvalue weighted by molar-refractivity contribution is -0.192. The monoisotopic (exact) mass is 228 g/mol. The van der Waals surface area contributed by atoms with Crippen LogP contribution in [0.5, 0.6) is 0 Å². The van der Waals surface area contributed by atoms with Crippen LogP contribution in [0, 0.1) is 5.92 Å². The van der Waals surface area contributed by atoms with Crippen LogP contribution >= 0.6 is 0 Å². The summed E-state index contributed by atoms with van der Waals surface area (Å²) < 4.78 is 31.7. The van der Waals surface area contributed by atoms with E-state index in [9.17, 15) is 13.2 Å². The molecule has 90 valence electrons. The molecule has 5 N–H and O–H groups in total. The summed E-state index contributed by atoms with van der Waals surface area (Å²) in [5, 5.41) is 7.12. The van der Waals surface area contributed by atoms with E-state index >= 15 is 0 Å². The Morgan fingerprint density at radius 3 is 2.00 bits per heavy atom. The van der Waals surface area contributed by atoms with Crippen LogP contribution in [0.2, 0.25) is 0 Å². The Morgan fingerprint density at radius 1 is 1.40 bits per heavy atom. The lowest BCUT2D eigenvalue weighted by Gasteiger charge is -2.02. The SMILES string of the molecule is NCC1CCC(N)C1.O=C(O)C(F)(F)F. The molecule has 1 fully saturated rings. The average Bonchev–Trinajstić information content (AvgIpc) is 2.50. The summed E-state index contributed by atoms with van der Waals surface area (Å²) in [5.74, 6) is -2.03. The highest BCUT2D eigenvalue weighted by Crippen LogP contribution is 2.22. The van der Waals surface area contributed by atoms with E-state index in [1.54, 1.807) is 0 Å². The first-order chi connectivity index (χ1) is 6.77. The molecule has 0 saturated heterocycles. The fraction of sp³-hybridized carbons (Fsp3) is 0.875. The summed E-state index contributed by atoms with van der Waals surface area (Å²) >= 11 is 0. The van der Waals surface area contributed by atoms with Gasteiger partial charge in [-0.05, 0) is 31.7 Å². The van der Waals surface area contributed by atoms with Gasteiger partial charge in [-0.1, -0.05) is 0 Å². The predicted molar refractivity (Wildman–Crippen MR) is 48.1 cm³/mol. The second-order valence-electron chi connectivity index (χ2n) is 3.48. The van der Waals surface area contributed by atoms with Crippen LogP contribution < -0.4 is 11.5 Å². The maximum atomic E-state index is 10.6. The molecular weight excluding hydrogens is 213 g/mol. The smallest absolute Gasteiger partial charge is 0.475 e. The molecule has 1 aliphatic carbocycles. The lowest BCUT2D eigenvalue weighted by atomic mass is 10.1. The van der Waals surface area contributed by atoms with Crippen molar-refractivity contribution in [1.82, 2.24) is 0 Å². The van der Waals surface area contributed by atoms with Crippen molar-refractivity contribution in [2.45, 2.75) is 31.5 Å². The number of hydrogen-bond donors (Lipinski definition) is 3. The summed E-state index contributed by atoms with van der Waals surface area (Å²) in [6.07, 6.45) is -1.50. The standard InChI is InChI=1S/C6H14N2.C2HF3O2/c7-4-5-1-2-6(8)3-5;3-2(4,5)1(6)7/h5-6H,1-4,7-8H2;(H,6,7). The number of alkyl halides is 3. The molecule has 15 heavy (non-hydrogen) atoms. The zero-order valence-electron chi connectivity index (χ0n) is 8.13. The number of carbonyl (C=O) groups is 1. The van der Waals surface area contributed by atoms with Gasteiger partial charge in [0.15, 0.2) is 0 Å². The Kier molecular flexibility index (Phi) is 5.59. The minimum absolute atomic E-state index is 0.448. The van der Waals surface area contributed by atoms with E-state index in [1.165, 1.54) is 12.8 Å². The highest BCUT2D eigenvalue weighted by Gasteiger charge is 2.38. The van der Waals surface area contributed by atoms with Crippen molar-refractivity contribution in [2.75, 3.05) is 6.54 Å². The number of hydrogen-bond acceptors (Lipinski definition) is 3. The van der Waals surface area contributed by atoms with E-state index in [1.807, 2.05) is 0 Å². The fourth-order valence-electron chi connectivity index (χ4n) is 1.33. The van der Waals surface area contributed by atoms with E-state index < -0.39 is 12.1 Å². The largest absolute Gasteiger partial charge is 0.490 e. The molecule has 0 spiro atoms. The third-order valence-electron chi connectivity index (χ3n) is 2.16. The molecule has 1 rings (SSSR count). The van der Waals surface area contributed by atoms with E-state index in [4.69, 9.17) is 21.4 Å². The van der Waals surface area contributed by atoms with Crippen LogP contribution in [-0.2, 0) is 4.79 Å². The lowest BCUT2D eigenvalue weighted by Crippen LogP contribution is -2.21. The first kappa shape index (κ1) is 14.2. The van der Waals surface area contributed by atoms with Gasteiger partial charge in [0.05, 0.1) is 0 Å². The quantitative estimate of drug-likeness (QED) is 0.616. The molecule has 0 bridgehead atoms. The third-order valence-corrected chi connectivity index (χ3v) is 2.16. The van der Waals surface area contributed by atoms with Crippen molar-refractivity contribution >= 4 is 5.97 Å². The van der Waals surface area contributed by atoms with Gasteiger partial charge < -0.3 is 16.6 Å². The number of carboxylic acid groups (broad SMARTS) is 1. The minimum atomic E-state index is -5.08. The fourth-order valence-corrected chi connectivity index (χ4v) is 1.33. The number of halogens is 3. The molecule has 0 aromatic carbocycles. The molecule has 1 aliphatic rings. The maximum absolute atomic E-state index is 10.6. The van der Waals surface area contributed by atoms with E-state index in [2.05, 4.69) is 0 Å². The second kappa shape index (κ2) is 5.92. The van der Waals surface area contributed by atoms with Crippen LogP contribution in [0.15, 0.2) is 0 Å². The number of carboxylic acids is 1. The van der Waals surface area contributed by atoms with Crippen LogP contribution in [-0.4, -0.2) is 29.8 Å². The number of rotatable bonds is 1. The topological polar surface area (TPSA) is 89.3 Å². The van der Waals surface area contributed by atoms with Crippen molar-refractivity contribution in [1.29, 1.82) is 0 Å². The molecule has 0 aromatic rings. The number of aliphatic carboxylic acids is 1. The van der Waals surface area contributed by atoms with E-state index in [-0.39, 0.29) is 0 Å². The highest BCUT2D eigenvalue weighted by atomic mass is 19.4. The van der Waals surface area contributed by atoms with Crippen molar-refractivity contribution in [2.24, 2.45) is 17.4 Å². The zero-order chi connectivity index (χ0) is 12.1. The van der Waals surface area contributed by atoms with Crippen LogP contribution in [0.3, 0.4) is 0 Å². The van der Waals surface area contributed by atoms with Gasteiger partial charge in [0.2, 0.25) is 0 Å². The molecule has 2 unspecified atom stereocenters. The normalized spacial score (nSPS) is 25.7. The maximum Gasteiger partial charge on any atom is 0.490 e. The van der Waals surface area contributed by atoms with Gasteiger partial charge in [0.25, 0.3) is 0 Å². The van der Waals surface area contributed by atoms with Gasteiger partial charge in [-0.25, -0.2) is 4.79 Å². The average molecular weight is 228 g/mol. The van der Waals surface area contributed by atoms with Crippen molar-refractivity contribution in [3.05, 3.63) is 0 Å². The third kappa shape index (κ3) is 6.29. The van der Waals surface area contributed by atoms with Crippen LogP contribution in [0.4, 0.5) is 13.2 Å². The summed E-state index contributed by atoms with van der Waals surface area (Å²) in [6, 6.07) is 0.448. The molecule has 1 saturated carbocycles. The molecule has 2 atom stereocenters. The molecule has 0 aromatic heterocycles. The zero-order valence-corrected chi connectivity index (χ0v) is 8.13. The molecule has 0 aliphatic heterocycles. The Balaban J connectivity index is 0.000000265. The second-order valence-corrected chi connectivity index (χ2v) is 3.48. The Hall–Kier alpha value is -0.820. The summed E-state index contributed by atoms with van der Waals surface area (Å²) in [5.41, 5.74) is 11.1. The Labute approximate surface area is 85.4 Å². The summed E-state index contributed by atoms with van der Waals surface area (Å²) in [7, 11) is 0. The first-order valence-electron chi connectivity index (χ1n) is 4.53. The molecule has 7 heteroatoms. The van der Waals surface area contributed by atoms with Gasteiger partial charge in [-0.15, -0.1) is 0 Å². The Morgan fingerprint density at radius 2 is 1.87 bits per heavy atom. The molecular formula is C8H15F3N2O2. The number of nitrogens with two attached hydrogens (primary N) is 2. The predicted octanol–water partition coefficient (Wildman–Crippen LogP) is 0.706. The molecule has 4 nitrogen and oxygen atoms in total. The van der Waals surface area contributed by atoms with E-state index in [0.29, 0.717) is 6.04 Å². The van der Waals surface area contributed by atoms with Gasteiger partial charge in [-0.3, -0.25) is 0 Å². The van der Waals surface area contributed by atoms with Crippen LogP contribution in [0.25, 0.3) is 0 Å². The Bertz CT molecular complexity index is 209. The molecule has 0 heterocycles. The minimum Gasteiger partial charge on any atom is -0.475 e. The van der Waals surface area contributed by atoms with Gasteiger partial charge >= 0.3 is 12.1 Å².